The third-order valence-corrected chi connectivity index (χ3v) is 4.28. The molecule has 2 rings (SSSR count). The number of nitrogens with two attached hydrogens (primary N) is 1. The van der Waals surface area contributed by atoms with Gasteiger partial charge in [-0.1, -0.05) is 0 Å². The van der Waals surface area contributed by atoms with Crippen molar-refractivity contribution in [2.45, 2.75) is 52.6 Å². The molecule has 1 atom stereocenters. The predicted molar refractivity (Wildman–Crippen MR) is 77.3 cm³/mol. The number of aromatic nitrogens is 1. The third kappa shape index (κ3) is 2.54. The van der Waals surface area contributed by atoms with Gasteiger partial charge in [-0.25, -0.2) is 0 Å². The highest BCUT2D eigenvalue weighted by molar-refractivity contribution is 5.96. The Hall–Kier alpha value is -1.29. The molecule has 2 heterocycles. The summed E-state index contributed by atoms with van der Waals surface area (Å²) in [6.07, 6.45) is 3.31. The summed E-state index contributed by atoms with van der Waals surface area (Å²) in [5.74, 6) is 0.156. The maximum atomic E-state index is 12.7. The van der Waals surface area contributed by atoms with E-state index in [2.05, 4.69) is 18.4 Å². The lowest BCUT2D eigenvalue weighted by atomic mass is 10.0. The van der Waals surface area contributed by atoms with Crippen molar-refractivity contribution in [3.63, 3.8) is 0 Å². The monoisotopic (exact) mass is 263 g/mol. The summed E-state index contributed by atoms with van der Waals surface area (Å²) in [6.45, 7) is 8.52. The largest absolute Gasteiger partial charge is 0.349 e. The molecule has 106 valence electrons. The summed E-state index contributed by atoms with van der Waals surface area (Å²) in [4.78, 5) is 14.7. The zero-order valence-electron chi connectivity index (χ0n) is 12.3. The Morgan fingerprint density at radius 1 is 1.42 bits per heavy atom. The second kappa shape index (κ2) is 5.78. The van der Waals surface area contributed by atoms with E-state index in [0.717, 1.165) is 42.9 Å². The molecular weight excluding hydrogens is 238 g/mol. The maximum absolute atomic E-state index is 12.7. The molecule has 0 aliphatic carbocycles. The SMILES string of the molecule is CCn1c(C)cc(C(=O)N2CCCCC2CN)c1C. The fourth-order valence-electron chi connectivity index (χ4n) is 3.17. The van der Waals surface area contributed by atoms with Crippen molar-refractivity contribution in [2.24, 2.45) is 5.73 Å². The van der Waals surface area contributed by atoms with E-state index in [1.807, 2.05) is 17.9 Å². The molecule has 19 heavy (non-hydrogen) atoms. The van der Waals surface area contributed by atoms with Crippen LogP contribution in [0.3, 0.4) is 0 Å². The van der Waals surface area contributed by atoms with Crippen LogP contribution in [0.1, 0.15) is 47.9 Å². The number of rotatable bonds is 3. The lowest BCUT2D eigenvalue weighted by Crippen LogP contribution is -2.47. The molecule has 0 bridgehead atoms. The first-order chi connectivity index (χ1) is 9.10. The number of aryl methyl sites for hydroxylation is 1. The maximum Gasteiger partial charge on any atom is 0.255 e. The van der Waals surface area contributed by atoms with Gasteiger partial charge in [0, 0.05) is 37.1 Å². The van der Waals surface area contributed by atoms with E-state index < -0.39 is 0 Å². The first-order valence-corrected chi connectivity index (χ1v) is 7.27. The van der Waals surface area contributed by atoms with Crippen LogP contribution in [-0.4, -0.2) is 34.5 Å². The van der Waals surface area contributed by atoms with Gasteiger partial charge in [0.1, 0.15) is 0 Å². The van der Waals surface area contributed by atoms with Gasteiger partial charge < -0.3 is 15.2 Å². The second-order valence-corrected chi connectivity index (χ2v) is 5.41. The Morgan fingerprint density at radius 3 is 2.74 bits per heavy atom. The van der Waals surface area contributed by atoms with E-state index in [1.54, 1.807) is 0 Å². The summed E-state index contributed by atoms with van der Waals surface area (Å²) < 4.78 is 2.19. The van der Waals surface area contributed by atoms with E-state index in [4.69, 9.17) is 5.73 Å². The van der Waals surface area contributed by atoms with Gasteiger partial charge in [0.05, 0.1) is 5.56 Å². The summed E-state index contributed by atoms with van der Waals surface area (Å²) in [5.41, 5.74) is 8.89. The Kier molecular flexibility index (Phi) is 4.30. The number of likely N-dealkylation sites (tertiary alicyclic amines) is 1. The standard InChI is InChI=1S/C15H25N3O/c1-4-17-11(2)9-14(12(17)3)15(19)18-8-6-5-7-13(18)10-16/h9,13H,4-8,10,16H2,1-3H3. The minimum Gasteiger partial charge on any atom is -0.349 e. The molecule has 1 saturated heterocycles. The second-order valence-electron chi connectivity index (χ2n) is 5.41. The lowest BCUT2D eigenvalue weighted by molar-refractivity contribution is 0.0622. The number of piperidine rings is 1. The molecule has 1 aliphatic rings. The van der Waals surface area contributed by atoms with Crippen LogP contribution in [0.4, 0.5) is 0 Å². The fraction of sp³-hybridized carbons (Fsp3) is 0.667. The highest BCUT2D eigenvalue weighted by atomic mass is 16.2. The third-order valence-electron chi connectivity index (χ3n) is 4.28. The van der Waals surface area contributed by atoms with Crippen molar-refractivity contribution in [1.29, 1.82) is 0 Å². The molecular formula is C15H25N3O. The Balaban J connectivity index is 2.28. The Labute approximate surface area is 115 Å². The Bertz CT molecular complexity index is 464. The van der Waals surface area contributed by atoms with E-state index >= 15 is 0 Å². The highest BCUT2D eigenvalue weighted by Gasteiger charge is 2.28. The summed E-state index contributed by atoms with van der Waals surface area (Å²) >= 11 is 0. The number of carbonyl (C=O) groups is 1. The number of carbonyl (C=O) groups excluding carboxylic acids is 1. The van der Waals surface area contributed by atoms with Crippen LogP contribution >= 0.6 is 0 Å². The zero-order chi connectivity index (χ0) is 14.0. The summed E-state index contributed by atoms with van der Waals surface area (Å²) in [7, 11) is 0. The van der Waals surface area contributed by atoms with Crippen LogP contribution in [-0.2, 0) is 6.54 Å². The van der Waals surface area contributed by atoms with Gasteiger partial charge in [-0.3, -0.25) is 4.79 Å². The van der Waals surface area contributed by atoms with Crippen molar-refractivity contribution >= 4 is 5.91 Å². The molecule has 1 aliphatic heterocycles. The molecule has 1 aromatic rings. The molecule has 1 unspecified atom stereocenters. The smallest absolute Gasteiger partial charge is 0.255 e. The number of nitrogens with zero attached hydrogens (tertiary/aromatic N) is 2. The molecule has 0 aromatic carbocycles. The van der Waals surface area contributed by atoms with Crippen molar-refractivity contribution in [2.75, 3.05) is 13.1 Å². The minimum absolute atomic E-state index is 0.156. The van der Waals surface area contributed by atoms with E-state index in [-0.39, 0.29) is 11.9 Å². The van der Waals surface area contributed by atoms with Crippen LogP contribution in [0.25, 0.3) is 0 Å². The van der Waals surface area contributed by atoms with E-state index in [1.165, 1.54) is 6.42 Å². The quantitative estimate of drug-likeness (QED) is 0.907. The highest BCUT2D eigenvalue weighted by Crippen LogP contribution is 2.22. The number of hydrogen-bond donors (Lipinski definition) is 1. The normalized spacial score (nSPS) is 19.8. The van der Waals surface area contributed by atoms with Crippen LogP contribution in [0.5, 0.6) is 0 Å². The Morgan fingerprint density at radius 2 is 2.16 bits per heavy atom. The summed E-state index contributed by atoms with van der Waals surface area (Å²) in [6, 6.07) is 2.23. The van der Waals surface area contributed by atoms with Crippen LogP contribution in [0.2, 0.25) is 0 Å². The first kappa shape index (κ1) is 14.1. The van der Waals surface area contributed by atoms with Crippen LogP contribution in [0.15, 0.2) is 6.07 Å². The fourth-order valence-corrected chi connectivity index (χ4v) is 3.17. The van der Waals surface area contributed by atoms with Crippen molar-refractivity contribution in [3.05, 3.63) is 23.0 Å². The van der Waals surface area contributed by atoms with Crippen molar-refractivity contribution in [3.8, 4) is 0 Å². The van der Waals surface area contributed by atoms with Crippen LogP contribution < -0.4 is 5.73 Å². The van der Waals surface area contributed by atoms with Gasteiger partial charge in [-0.15, -0.1) is 0 Å². The topological polar surface area (TPSA) is 51.3 Å². The van der Waals surface area contributed by atoms with Gasteiger partial charge >= 0.3 is 0 Å². The van der Waals surface area contributed by atoms with E-state index in [0.29, 0.717) is 6.54 Å². The van der Waals surface area contributed by atoms with Crippen molar-refractivity contribution in [1.82, 2.24) is 9.47 Å². The molecule has 1 amide bonds. The van der Waals surface area contributed by atoms with E-state index in [9.17, 15) is 4.79 Å². The van der Waals surface area contributed by atoms with Crippen LogP contribution in [0, 0.1) is 13.8 Å². The molecule has 0 radical (unpaired) electrons. The van der Waals surface area contributed by atoms with Gasteiger partial charge in [-0.05, 0) is 46.1 Å². The number of hydrogen-bond acceptors (Lipinski definition) is 2. The molecule has 4 heteroatoms. The molecule has 2 N–H and O–H groups in total. The molecule has 0 saturated carbocycles. The molecule has 1 fully saturated rings. The van der Waals surface area contributed by atoms with Gasteiger partial charge in [0.25, 0.3) is 5.91 Å². The van der Waals surface area contributed by atoms with Crippen molar-refractivity contribution < 1.29 is 4.79 Å². The molecule has 0 spiro atoms. The number of amides is 1. The predicted octanol–water partition coefficient (Wildman–Crippen LogP) is 2.08. The van der Waals surface area contributed by atoms with Gasteiger partial charge in [-0.2, -0.15) is 0 Å². The first-order valence-electron chi connectivity index (χ1n) is 7.27. The average Bonchev–Trinajstić information content (AvgIpc) is 2.72. The lowest BCUT2D eigenvalue weighted by Gasteiger charge is -2.35. The zero-order valence-corrected chi connectivity index (χ0v) is 12.3. The van der Waals surface area contributed by atoms with Gasteiger partial charge in [0.15, 0.2) is 0 Å². The minimum atomic E-state index is 0.156. The summed E-state index contributed by atoms with van der Waals surface area (Å²) in [5, 5.41) is 0. The van der Waals surface area contributed by atoms with Gasteiger partial charge in [0.2, 0.25) is 0 Å². The molecule has 4 nitrogen and oxygen atoms in total. The molecule has 1 aromatic heterocycles. The average molecular weight is 263 g/mol.